The monoisotopic (exact) mass is 376 g/mol. The molecule has 1 N–H and O–H groups in total. The van der Waals surface area contributed by atoms with E-state index in [2.05, 4.69) is 5.32 Å². The molecule has 0 fully saturated rings. The van der Waals surface area contributed by atoms with Crippen LogP contribution in [0.3, 0.4) is 0 Å². The molecule has 6 heteroatoms. The lowest BCUT2D eigenvalue weighted by Gasteiger charge is -2.11. The second-order valence-corrected chi connectivity index (χ2v) is 6.24. The van der Waals surface area contributed by atoms with Crippen molar-refractivity contribution >= 4 is 17.3 Å². The highest BCUT2D eigenvalue weighted by Gasteiger charge is 2.19. The van der Waals surface area contributed by atoms with E-state index in [0.29, 0.717) is 17.7 Å². The van der Waals surface area contributed by atoms with Crippen molar-refractivity contribution in [2.75, 3.05) is 12.4 Å². The maximum atomic E-state index is 12.8. The van der Waals surface area contributed by atoms with Crippen LogP contribution < -0.4 is 10.1 Å². The SMILES string of the molecule is COc1ccc(NC(=O)c2ccccc2CCc2ccccc2)c([N+](=O)[O-])c1. The molecule has 28 heavy (non-hydrogen) atoms. The molecule has 0 aliphatic carbocycles. The summed E-state index contributed by atoms with van der Waals surface area (Å²) in [5.74, 6) is -0.0233. The molecule has 0 unspecified atom stereocenters. The lowest BCUT2D eigenvalue weighted by molar-refractivity contribution is -0.384. The van der Waals surface area contributed by atoms with Crippen LogP contribution in [0.2, 0.25) is 0 Å². The van der Waals surface area contributed by atoms with Crippen molar-refractivity contribution in [1.29, 1.82) is 0 Å². The van der Waals surface area contributed by atoms with Gasteiger partial charge in [-0.25, -0.2) is 0 Å². The molecule has 0 saturated carbocycles. The van der Waals surface area contributed by atoms with Crippen molar-refractivity contribution in [3.8, 4) is 5.75 Å². The fraction of sp³-hybridized carbons (Fsp3) is 0.136. The fourth-order valence-electron chi connectivity index (χ4n) is 2.97. The molecule has 142 valence electrons. The number of ether oxygens (including phenoxy) is 1. The molecule has 0 bridgehead atoms. The lowest BCUT2D eigenvalue weighted by atomic mass is 9.99. The molecule has 0 radical (unpaired) electrons. The standard InChI is InChI=1S/C22H20N2O4/c1-28-18-13-14-20(21(15-18)24(26)27)23-22(25)19-10-6-5-9-17(19)12-11-16-7-3-2-4-8-16/h2-10,13-15H,11-12H2,1H3,(H,23,25). The molecular weight excluding hydrogens is 356 g/mol. The van der Waals surface area contributed by atoms with Gasteiger partial charge in [0.25, 0.3) is 11.6 Å². The molecule has 0 heterocycles. The number of nitro groups is 1. The first kappa shape index (κ1) is 19.1. The van der Waals surface area contributed by atoms with Crippen molar-refractivity contribution in [3.05, 3.63) is 99.6 Å². The van der Waals surface area contributed by atoms with Gasteiger partial charge in [-0.2, -0.15) is 0 Å². The van der Waals surface area contributed by atoms with Crippen molar-refractivity contribution in [2.45, 2.75) is 12.8 Å². The van der Waals surface area contributed by atoms with Gasteiger partial charge in [-0.1, -0.05) is 48.5 Å². The first-order chi connectivity index (χ1) is 13.6. The number of hydrogen-bond acceptors (Lipinski definition) is 4. The number of aryl methyl sites for hydroxylation is 2. The maximum absolute atomic E-state index is 12.8. The van der Waals surface area contributed by atoms with Crippen LogP contribution in [-0.4, -0.2) is 17.9 Å². The number of methoxy groups -OCH3 is 1. The van der Waals surface area contributed by atoms with Gasteiger partial charge >= 0.3 is 0 Å². The minimum absolute atomic E-state index is 0.133. The van der Waals surface area contributed by atoms with E-state index in [4.69, 9.17) is 4.74 Å². The summed E-state index contributed by atoms with van der Waals surface area (Å²) in [6.45, 7) is 0. The molecule has 6 nitrogen and oxygen atoms in total. The molecular formula is C22H20N2O4. The van der Waals surface area contributed by atoms with E-state index in [1.165, 1.54) is 24.8 Å². The fourth-order valence-corrected chi connectivity index (χ4v) is 2.97. The average molecular weight is 376 g/mol. The topological polar surface area (TPSA) is 81.5 Å². The van der Waals surface area contributed by atoms with E-state index in [1.807, 2.05) is 42.5 Å². The Balaban J connectivity index is 1.81. The minimum Gasteiger partial charge on any atom is -0.496 e. The zero-order chi connectivity index (χ0) is 19.9. The van der Waals surface area contributed by atoms with Gasteiger partial charge < -0.3 is 10.1 Å². The summed E-state index contributed by atoms with van der Waals surface area (Å²) in [7, 11) is 1.43. The van der Waals surface area contributed by atoms with Gasteiger partial charge in [0.15, 0.2) is 0 Å². The van der Waals surface area contributed by atoms with Crippen LogP contribution >= 0.6 is 0 Å². The number of amides is 1. The Labute approximate surface area is 162 Å². The Kier molecular flexibility index (Phi) is 6.01. The molecule has 0 saturated heterocycles. The molecule has 0 atom stereocenters. The summed E-state index contributed by atoms with van der Waals surface area (Å²) in [6.07, 6.45) is 1.49. The van der Waals surface area contributed by atoms with Crippen molar-refractivity contribution in [3.63, 3.8) is 0 Å². The summed E-state index contributed by atoms with van der Waals surface area (Å²) in [5.41, 5.74) is 2.50. The lowest BCUT2D eigenvalue weighted by Crippen LogP contribution is -2.15. The smallest absolute Gasteiger partial charge is 0.296 e. The first-order valence-corrected chi connectivity index (χ1v) is 8.84. The van der Waals surface area contributed by atoms with Crippen LogP contribution in [0.1, 0.15) is 21.5 Å². The summed E-state index contributed by atoms with van der Waals surface area (Å²) < 4.78 is 5.03. The first-order valence-electron chi connectivity index (χ1n) is 8.84. The molecule has 0 aromatic heterocycles. The summed E-state index contributed by atoms with van der Waals surface area (Å²) >= 11 is 0. The van der Waals surface area contributed by atoms with Crippen molar-refractivity contribution in [1.82, 2.24) is 0 Å². The van der Waals surface area contributed by atoms with Crippen LogP contribution in [-0.2, 0) is 12.8 Å². The quantitative estimate of drug-likeness (QED) is 0.481. The number of nitro benzene ring substituents is 1. The zero-order valence-electron chi connectivity index (χ0n) is 15.4. The van der Waals surface area contributed by atoms with E-state index >= 15 is 0 Å². The molecule has 0 aliphatic heterocycles. The van der Waals surface area contributed by atoms with Crippen LogP contribution in [0, 0.1) is 10.1 Å². The third-order valence-electron chi connectivity index (χ3n) is 4.44. The summed E-state index contributed by atoms with van der Waals surface area (Å²) in [6, 6.07) is 21.6. The van der Waals surface area contributed by atoms with Crippen LogP contribution in [0.4, 0.5) is 11.4 Å². The molecule has 3 aromatic carbocycles. The van der Waals surface area contributed by atoms with Gasteiger partial charge in [0.1, 0.15) is 11.4 Å². The van der Waals surface area contributed by atoms with E-state index in [0.717, 1.165) is 12.0 Å². The highest BCUT2D eigenvalue weighted by molar-refractivity contribution is 6.06. The highest BCUT2D eigenvalue weighted by atomic mass is 16.6. The Morgan fingerprint density at radius 2 is 1.71 bits per heavy atom. The largest absolute Gasteiger partial charge is 0.496 e. The van der Waals surface area contributed by atoms with Crippen LogP contribution in [0.5, 0.6) is 5.75 Å². The van der Waals surface area contributed by atoms with Gasteiger partial charge in [-0.15, -0.1) is 0 Å². The highest BCUT2D eigenvalue weighted by Crippen LogP contribution is 2.29. The number of carbonyl (C=O) groups excluding carboxylic acids is 1. The summed E-state index contributed by atoms with van der Waals surface area (Å²) in [5, 5.41) is 14.0. The van der Waals surface area contributed by atoms with Gasteiger partial charge in [0, 0.05) is 5.56 Å². The number of anilines is 1. The number of carbonyl (C=O) groups is 1. The Morgan fingerprint density at radius 3 is 2.43 bits per heavy atom. The molecule has 1 amide bonds. The molecule has 3 rings (SSSR count). The Bertz CT molecular complexity index is 987. The van der Waals surface area contributed by atoms with E-state index < -0.39 is 4.92 Å². The molecule has 0 aliphatic rings. The number of nitrogens with zero attached hydrogens (tertiary/aromatic N) is 1. The normalized spacial score (nSPS) is 10.3. The number of nitrogens with one attached hydrogen (secondary N) is 1. The third-order valence-corrected chi connectivity index (χ3v) is 4.44. The van der Waals surface area contributed by atoms with Gasteiger partial charge in [0.05, 0.1) is 18.1 Å². The average Bonchev–Trinajstić information content (AvgIpc) is 2.73. The Hall–Kier alpha value is -3.67. The van der Waals surface area contributed by atoms with Crippen LogP contribution in [0.25, 0.3) is 0 Å². The van der Waals surface area contributed by atoms with E-state index in [-0.39, 0.29) is 17.3 Å². The molecule has 0 spiro atoms. The predicted molar refractivity (Wildman–Crippen MR) is 108 cm³/mol. The number of rotatable bonds is 7. The van der Waals surface area contributed by atoms with Crippen molar-refractivity contribution in [2.24, 2.45) is 0 Å². The second-order valence-electron chi connectivity index (χ2n) is 6.24. The zero-order valence-corrected chi connectivity index (χ0v) is 15.4. The van der Waals surface area contributed by atoms with E-state index in [1.54, 1.807) is 18.2 Å². The van der Waals surface area contributed by atoms with E-state index in [9.17, 15) is 14.9 Å². The number of benzene rings is 3. The Morgan fingerprint density at radius 1 is 1.00 bits per heavy atom. The summed E-state index contributed by atoms with van der Waals surface area (Å²) in [4.78, 5) is 23.6. The minimum atomic E-state index is -0.542. The predicted octanol–water partition coefficient (Wildman–Crippen LogP) is 4.64. The van der Waals surface area contributed by atoms with Crippen molar-refractivity contribution < 1.29 is 14.5 Å². The third kappa shape index (κ3) is 4.54. The maximum Gasteiger partial charge on any atom is 0.296 e. The van der Waals surface area contributed by atoms with Gasteiger partial charge in [0.2, 0.25) is 0 Å². The molecule has 3 aromatic rings. The van der Waals surface area contributed by atoms with Gasteiger partial charge in [-0.3, -0.25) is 14.9 Å². The van der Waals surface area contributed by atoms with Gasteiger partial charge in [-0.05, 0) is 42.2 Å². The number of hydrogen-bond donors (Lipinski definition) is 1. The van der Waals surface area contributed by atoms with Crippen LogP contribution in [0.15, 0.2) is 72.8 Å². The second kappa shape index (κ2) is 8.81.